The number of carbonyl (C=O) groups is 1. The molecule has 1 amide bonds. The highest BCUT2D eigenvalue weighted by atomic mass is 32.1. The van der Waals surface area contributed by atoms with Crippen LogP contribution in [-0.2, 0) is 11.2 Å². The lowest BCUT2D eigenvalue weighted by molar-refractivity contribution is -0.121. The van der Waals surface area contributed by atoms with Gasteiger partial charge < -0.3 is 5.32 Å². The molecule has 1 heterocycles. The first-order valence-corrected chi connectivity index (χ1v) is 9.27. The van der Waals surface area contributed by atoms with Gasteiger partial charge in [0.2, 0.25) is 5.91 Å². The smallest absolute Gasteiger partial charge is 0.232 e. The van der Waals surface area contributed by atoms with Crippen molar-refractivity contribution in [2.75, 3.05) is 6.54 Å². The van der Waals surface area contributed by atoms with Crippen molar-refractivity contribution in [3.8, 4) is 0 Å². The molecule has 2 aromatic carbocycles. The van der Waals surface area contributed by atoms with Crippen LogP contribution in [0.1, 0.15) is 32.6 Å². The lowest BCUT2D eigenvalue weighted by Crippen LogP contribution is -2.31. The number of hydrogen-bond donors (Lipinski definition) is 1. The molecule has 0 spiro atoms. The summed E-state index contributed by atoms with van der Waals surface area (Å²) in [6.45, 7) is 4.66. The molecule has 4 heteroatoms. The number of nitrogens with zero attached hydrogens (tertiary/aromatic N) is 1. The highest BCUT2D eigenvalue weighted by molar-refractivity contribution is 7.11. The third kappa shape index (κ3) is 4.34. The van der Waals surface area contributed by atoms with Gasteiger partial charge in [-0.1, -0.05) is 60.7 Å². The van der Waals surface area contributed by atoms with Crippen LogP contribution in [-0.4, -0.2) is 17.4 Å². The molecule has 1 aromatic heterocycles. The van der Waals surface area contributed by atoms with E-state index in [-0.39, 0.29) is 11.8 Å². The summed E-state index contributed by atoms with van der Waals surface area (Å²) in [5.41, 5.74) is 3.09. The fourth-order valence-electron chi connectivity index (χ4n) is 2.99. The summed E-state index contributed by atoms with van der Waals surface area (Å²) >= 11 is 1.70. The molecule has 0 radical (unpaired) electrons. The molecule has 0 saturated heterocycles. The number of aryl methyl sites for hydroxylation is 2. The van der Waals surface area contributed by atoms with E-state index < -0.39 is 0 Å². The molecule has 3 nitrogen and oxygen atoms in total. The zero-order valence-electron chi connectivity index (χ0n) is 14.5. The highest BCUT2D eigenvalue weighted by Gasteiger charge is 2.22. The number of amides is 1. The predicted octanol–water partition coefficient (Wildman–Crippen LogP) is 4.25. The predicted molar refractivity (Wildman–Crippen MR) is 103 cm³/mol. The van der Waals surface area contributed by atoms with E-state index in [1.807, 2.05) is 74.5 Å². The van der Waals surface area contributed by atoms with E-state index in [0.717, 1.165) is 28.2 Å². The Bertz CT molecular complexity index is 788. The lowest BCUT2D eigenvalue weighted by atomic mass is 9.90. The number of benzene rings is 2. The Labute approximate surface area is 152 Å². The standard InChI is InChI=1S/C21H22N2OS/c1-15-19(25-16(2)23-15)13-14-22-21(24)20(17-9-5-3-6-10-17)18-11-7-4-8-12-18/h3-12,20H,13-14H2,1-2H3,(H,22,24). The van der Waals surface area contributed by atoms with Crippen molar-refractivity contribution in [3.63, 3.8) is 0 Å². The summed E-state index contributed by atoms with van der Waals surface area (Å²) in [5.74, 6) is -0.247. The molecule has 128 valence electrons. The summed E-state index contributed by atoms with van der Waals surface area (Å²) in [5, 5.41) is 4.18. The van der Waals surface area contributed by atoms with E-state index >= 15 is 0 Å². The summed E-state index contributed by atoms with van der Waals surface area (Å²) in [6, 6.07) is 19.9. The first-order chi connectivity index (χ1) is 12.1. The van der Waals surface area contributed by atoms with Crippen LogP contribution in [0.5, 0.6) is 0 Å². The Morgan fingerprint density at radius 2 is 1.56 bits per heavy atom. The third-order valence-corrected chi connectivity index (χ3v) is 5.31. The molecule has 0 aliphatic heterocycles. The average molecular weight is 350 g/mol. The van der Waals surface area contributed by atoms with Crippen LogP contribution >= 0.6 is 11.3 Å². The molecule has 25 heavy (non-hydrogen) atoms. The minimum atomic E-state index is -0.285. The Morgan fingerprint density at radius 3 is 2.04 bits per heavy atom. The van der Waals surface area contributed by atoms with E-state index in [4.69, 9.17) is 0 Å². The van der Waals surface area contributed by atoms with Crippen molar-refractivity contribution in [1.29, 1.82) is 0 Å². The topological polar surface area (TPSA) is 42.0 Å². The molecule has 0 fully saturated rings. The number of carbonyl (C=O) groups excluding carboxylic acids is 1. The summed E-state index contributed by atoms with van der Waals surface area (Å²) in [4.78, 5) is 18.6. The summed E-state index contributed by atoms with van der Waals surface area (Å²) < 4.78 is 0. The second-order valence-electron chi connectivity index (χ2n) is 6.04. The quantitative estimate of drug-likeness (QED) is 0.722. The van der Waals surface area contributed by atoms with E-state index in [2.05, 4.69) is 10.3 Å². The van der Waals surface area contributed by atoms with Gasteiger partial charge in [-0.3, -0.25) is 4.79 Å². The molecule has 1 N–H and O–H groups in total. The van der Waals surface area contributed by atoms with E-state index in [9.17, 15) is 4.79 Å². The number of hydrogen-bond acceptors (Lipinski definition) is 3. The fourth-order valence-corrected chi connectivity index (χ4v) is 3.93. The second-order valence-corrected chi connectivity index (χ2v) is 7.32. The molecular formula is C21H22N2OS. The molecular weight excluding hydrogens is 328 g/mol. The summed E-state index contributed by atoms with van der Waals surface area (Å²) in [6.07, 6.45) is 0.819. The molecule has 3 aromatic rings. The average Bonchev–Trinajstić information content (AvgIpc) is 2.94. The molecule has 0 atom stereocenters. The van der Waals surface area contributed by atoms with Gasteiger partial charge in [0.05, 0.1) is 16.6 Å². The van der Waals surface area contributed by atoms with Crippen LogP contribution in [0, 0.1) is 13.8 Å². The maximum atomic E-state index is 12.9. The van der Waals surface area contributed by atoms with Gasteiger partial charge in [0.1, 0.15) is 0 Å². The van der Waals surface area contributed by atoms with Crippen LogP contribution in [0.2, 0.25) is 0 Å². The van der Waals surface area contributed by atoms with Crippen LogP contribution in [0.25, 0.3) is 0 Å². The largest absolute Gasteiger partial charge is 0.355 e. The van der Waals surface area contributed by atoms with Crippen molar-refractivity contribution >= 4 is 17.2 Å². The maximum Gasteiger partial charge on any atom is 0.232 e. The van der Waals surface area contributed by atoms with Crippen molar-refractivity contribution in [2.45, 2.75) is 26.2 Å². The minimum Gasteiger partial charge on any atom is -0.355 e. The van der Waals surface area contributed by atoms with Crippen LogP contribution in [0.15, 0.2) is 60.7 Å². The number of nitrogens with one attached hydrogen (secondary N) is 1. The second kappa shape index (κ2) is 8.08. The van der Waals surface area contributed by atoms with Gasteiger partial charge in [-0.15, -0.1) is 11.3 Å². The molecule has 0 saturated carbocycles. The van der Waals surface area contributed by atoms with Gasteiger partial charge in [-0.2, -0.15) is 0 Å². The maximum absolute atomic E-state index is 12.9. The van der Waals surface area contributed by atoms with Gasteiger partial charge in [-0.25, -0.2) is 4.98 Å². The van der Waals surface area contributed by atoms with Gasteiger partial charge in [0.15, 0.2) is 0 Å². The summed E-state index contributed by atoms with van der Waals surface area (Å²) in [7, 11) is 0. The Morgan fingerprint density at radius 1 is 1.00 bits per heavy atom. The van der Waals surface area contributed by atoms with E-state index in [0.29, 0.717) is 6.54 Å². The highest BCUT2D eigenvalue weighted by Crippen LogP contribution is 2.25. The van der Waals surface area contributed by atoms with Crippen LogP contribution < -0.4 is 5.32 Å². The van der Waals surface area contributed by atoms with Crippen molar-refractivity contribution in [1.82, 2.24) is 10.3 Å². The first-order valence-electron chi connectivity index (χ1n) is 8.45. The van der Waals surface area contributed by atoms with E-state index in [1.165, 1.54) is 4.88 Å². The zero-order valence-corrected chi connectivity index (χ0v) is 15.3. The van der Waals surface area contributed by atoms with Gasteiger partial charge in [0.25, 0.3) is 0 Å². The van der Waals surface area contributed by atoms with Crippen LogP contribution in [0.3, 0.4) is 0 Å². The minimum absolute atomic E-state index is 0.0382. The molecule has 3 rings (SSSR count). The molecule has 0 aliphatic rings. The molecule has 0 bridgehead atoms. The number of thiazole rings is 1. The monoisotopic (exact) mass is 350 g/mol. The Hall–Kier alpha value is -2.46. The van der Waals surface area contributed by atoms with Crippen molar-refractivity contribution in [3.05, 3.63) is 87.4 Å². The first kappa shape index (κ1) is 17.4. The Kier molecular flexibility index (Phi) is 5.61. The number of aromatic nitrogens is 1. The molecule has 0 unspecified atom stereocenters. The van der Waals surface area contributed by atoms with Gasteiger partial charge >= 0.3 is 0 Å². The van der Waals surface area contributed by atoms with Gasteiger partial charge in [0, 0.05) is 17.8 Å². The third-order valence-electron chi connectivity index (χ3n) is 4.18. The SMILES string of the molecule is Cc1nc(C)c(CCNC(=O)C(c2ccccc2)c2ccccc2)s1. The van der Waals surface area contributed by atoms with Crippen molar-refractivity contribution in [2.24, 2.45) is 0 Å². The fraction of sp³-hybridized carbons (Fsp3) is 0.238. The van der Waals surface area contributed by atoms with Crippen LogP contribution in [0.4, 0.5) is 0 Å². The van der Waals surface area contributed by atoms with Crippen molar-refractivity contribution < 1.29 is 4.79 Å². The molecule has 0 aliphatic carbocycles. The number of rotatable bonds is 6. The van der Waals surface area contributed by atoms with E-state index in [1.54, 1.807) is 11.3 Å². The normalized spacial score (nSPS) is 10.8. The lowest BCUT2D eigenvalue weighted by Gasteiger charge is -2.18. The zero-order chi connectivity index (χ0) is 17.6. The Balaban J connectivity index is 1.72. The van der Waals surface area contributed by atoms with Gasteiger partial charge in [-0.05, 0) is 25.0 Å².